The quantitative estimate of drug-likeness (QED) is 0.726. The summed E-state index contributed by atoms with van der Waals surface area (Å²) in [7, 11) is 0. The summed E-state index contributed by atoms with van der Waals surface area (Å²) in [6.07, 6.45) is 1.74. The number of hydrogen-bond acceptors (Lipinski definition) is 2. The van der Waals surface area contributed by atoms with Crippen LogP contribution in [0.3, 0.4) is 0 Å². The first kappa shape index (κ1) is 9.84. The zero-order chi connectivity index (χ0) is 9.84. The van der Waals surface area contributed by atoms with Crippen LogP contribution in [-0.2, 0) is 4.74 Å². The van der Waals surface area contributed by atoms with Crippen molar-refractivity contribution in [3.05, 3.63) is 23.5 Å². The van der Waals surface area contributed by atoms with Gasteiger partial charge in [0, 0.05) is 11.9 Å². The molecule has 0 saturated carbocycles. The van der Waals surface area contributed by atoms with Gasteiger partial charge in [-0.05, 0) is 18.9 Å². The number of H-pyrrole nitrogens is 1. The maximum absolute atomic E-state index is 11.4. The van der Waals surface area contributed by atoms with Gasteiger partial charge in [0.15, 0.2) is 0 Å². The number of hydrogen-bond donors (Lipinski definition) is 1. The molecule has 13 heavy (non-hydrogen) atoms. The number of aromatic nitrogens is 1. The topological polar surface area (TPSA) is 42.1 Å². The summed E-state index contributed by atoms with van der Waals surface area (Å²) < 4.78 is 5.07. The van der Waals surface area contributed by atoms with E-state index in [1.54, 1.807) is 12.3 Å². The molecular formula is C10H15NO2. The lowest BCUT2D eigenvalue weighted by molar-refractivity contribution is 0.0458. The Hall–Kier alpha value is -1.25. The monoisotopic (exact) mass is 181 g/mol. The van der Waals surface area contributed by atoms with Crippen LogP contribution < -0.4 is 0 Å². The van der Waals surface area contributed by atoms with Crippen LogP contribution in [0.1, 0.15) is 29.9 Å². The van der Waals surface area contributed by atoms with E-state index >= 15 is 0 Å². The Kier molecular flexibility index (Phi) is 3.12. The van der Waals surface area contributed by atoms with Gasteiger partial charge in [-0.25, -0.2) is 4.79 Å². The highest BCUT2D eigenvalue weighted by atomic mass is 16.5. The number of aryl methyl sites for hydroxylation is 1. The zero-order valence-electron chi connectivity index (χ0n) is 8.26. The van der Waals surface area contributed by atoms with Crippen molar-refractivity contribution in [2.75, 3.05) is 6.61 Å². The number of nitrogens with one attached hydrogen (secondary N) is 1. The summed E-state index contributed by atoms with van der Waals surface area (Å²) in [6.45, 7) is 6.35. The molecule has 0 aliphatic heterocycles. The van der Waals surface area contributed by atoms with Crippen LogP contribution in [0.15, 0.2) is 12.3 Å². The molecule has 1 aromatic rings. The summed E-state index contributed by atoms with van der Waals surface area (Å²) in [5, 5.41) is 0. The summed E-state index contributed by atoms with van der Waals surface area (Å²) in [4.78, 5) is 14.3. The lowest BCUT2D eigenvalue weighted by Crippen LogP contribution is -2.10. The SMILES string of the molecule is Cc1[nH]ccc1C(=O)OCC(C)C. The molecular weight excluding hydrogens is 166 g/mol. The number of ether oxygens (including phenoxy) is 1. The lowest BCUT2D eigenvalue weighted by Gasteiger charge is -2.06. The Bertz CT molecular complexity index is 289. The maximum atomic E-state index is 11.4. The highest BCUT2D eigenvalue weighted by molar-refractivity contribution is 5.90. The first-order valence-electron chi connectivity index (χ1n) is 4.42. The van der Waals surface area contributed by atoms with Gasteiger partial charge in [0.25, 0.3) is 0 Å². The van der Waals surface area contributed by atoms with Gasteiger partial charge in [0.1, 0.15) is 0 Å². The largest absolute Gasteiger partial charge is 0.462 e. The molecule has 0 atom stereocenters. The van der Waals surface area contributed by atoms with Crippen LogP contribution in [0.5, 0.6) is 0 Å². The molecule has 0 aromatic carbocycles. The van der Waals surface area contributed by atoms with Gasteiger partial charge in [0.2, 0.25) is 0 Å². The molecule has 0 unspecified atom stereocenters. The second-order valence-corrected chi connectivity index (χ2v) is 3.51. The van der Waals surface area contributed by atoms with Crippen molar-refractivity contribution in [1.82, 2.24) is 4.98 Å². The lowest BCUT2D eigenvalue weighted by atomic mass is 10.2. The summed E-state index contributed by atoms with van der Waals surface area (Å²) >= 11 is 0. The van der Waals surface area contributed by atoms with Gasteiger partial charge in [-0.15, -0.1) is 0 Å². The fraction of sp³-hybridized carbons (Fsp3) is 0.500. The Morgan fingerprint density at radius 2 is 2.31 bits per heavy atom. The van der Waals surface area contributed by atoms with Crippen LogP contribution >= 0.6 is 0 Å². The summed E-state index contributed by atoms with van der Waals surface area (Å²) in [5.41, 5.74) is 1.48. The predicted octanol–water partition coefficient (Wildman–Crippen LogP) is 2.14. The zero-order valence-corrected chi connectivity index (χ0v) is 8.26. The van der Waals surface area contributed by atoms with E-state index in [9.17, 15) is 4.79 Å². The Balaban J connectivity index is 2.54. The van der Waals surface area contributed by atoms with Crippen molar-refractivity contribution in [2.24, 2.45) is 5.92 Å². The first-order chi connectivity index (χ1) is 6.11. The summed E-state index contributed by atoms with van der Waals surface area (Å²) in [6, 6.07) is 1.73. The molecule has 0 aliphatic carbocycles. The standard InChI is InChI=1S/C10H15NO2/c1-7(2)6-13-10(12)9-4-5-11-8(9)3/h4-5,7,11H,6H2,1-3H3. The first-order valence-corrected chi connectivity index (χ1v) is 4.42. The molecule has 0 spiro atoms. The Morgan fingerprint density at radius 1 is 1.62 bits per heavy atom. The predicted molar refractivity (Wildman–Crippen MR) is 50.7 cm³/mol. The van der Waals surface area contributed by atoms with Gasteiger partial charge in [-0.1, -0.05) is 13.8 Å². The number of carbonyl (C=O) groups is 1. The van der Waals surface area contributed by atoms with Crippen LogP contribution in [0.4, 0.5) is 0 Å². The molecule has 1 N–H and O–H groups in total. The molecule has 0 bridgehead atoms. The van der Waals surface area contributed by atoms with E-state index in [1.165, 1.54) is 0 Å². The smallest absolute Gasteiger partial charge is 0.339 e. The van der Waals surface area contributed by atoms with Crippen molar-refractivity contribution in [3.8, 4) is 0 Å². The van der Waals surface area contributed by atoms with Crippen molar-refractivity contribution in [2.45, 2.75) is 20.8 Å². The average Bonchev–Trinajstić information content (AvgIpc) is 2.47. The number of rotatable bonds is 3. The van der Waals surface area contributed by atoms with Crippen LogP contribution in [0.25, 0.3) is 0 Å². The van der Waals surface area contributed by atoms with Gasteiger partial charge in [0.05, 0.1) is 12.2 Å². The van der Waals surface area contributed by atoms with Gasteiger partial charge < -0.3 is 9.72 Å². The van der Waals surface area contributed by atoms with Gasteiger partial charge in [-0.3, -0.25) is 0 Å². The Labute approximate surface area is 78.1 Å². The molecule has 3 heteroatoms. The minimum Gasteiger partial charge on any atom is -0.462 e. The molecule has 0 fully saturated rings. The highest BCUT2D eigenvalue weighted by Crippen LogP contribution is 2.07. The van der Waals surface area contributed by atoms with Crippen molar-refractivity contribution >= 4 is 5.97 Å². The van der Waals surface area contributed by atoms with E-state index in [2.05, 4.69) is 4.98 Å². The molecule has 0 saturated heterocycles. The number of esters is 1. The van der Waals surface area contributed by atoms with E-state index in [4.69, 9.17) is 4.74 Å². The minimum atomic E-state index is -0.243. The third-order valence-electron chi connectivity index (χ3n) is 1.72. The van der Waals surface area contributed by atoms with E-state index < -0.39 is 0 Å². The minimum absolute atomic E-state index is 0.243. The molecule has 0 aliphatic rings. The fourth-order valence-electron chi connectivity index (χ4n) is 0.994. The normalized spacial score (nSPS) is 10.5. The Morgan fingerprint density at radius 3 is 2.77 bits per heavy atom. The second kappa shape index (κ2) is 4.12. The maximum Gasteiger partial charge on any atom is 0.339 e. The molecule has 3 nitrogen and oxygen atoms in total. The molecule has 1 aromatic heterocycles. The van der Waals surface area contributed by atoms with E-state index in [-0.39, 0.29) is 5.97 Å². The van der Waals surface area contributed by atoms with Gasteiger partial charge in [-0.2, -0.15) is 0 Å². The van der Waals surface area contributed by atoms with Crippen LogP contribution in [0.2, 0.25) is 0 Å². The van der Waals surface area contributed by atoms with Crippen LogP contribution in [0, 0.1) is 12.8 Å². The molecule has 1 heterocycles. The fourth-order valence-corrected chi connectivity index (χ4v) is 0.994. The highest BCUT2D eigenvalue weighted by Gasteiger charge is 2.11. The van der Waals surface area contributed by atoms with E-state index in [0.29, 0.717) is 18.1 Å². The van der Waals surface area contributed by atoms with Crippen molar-refractivity contribution in [3.63, 3.8) is 0 Å². The summed E-state index contributed by atoms with van der Waals surface area (Å²) in [5.74, 6) is 0.135. The van der Waals surface area contributed by atoms with Crippen molar-refractivity contribution < 1.29 is 9.53 Å². The molecule has 72 valence electrons. The second-order valence-electron chi connectivity index (χ2n) is 3.51. The number of aromatic amines is 1. The third kappa shape index (κ3) is 2.61. The third-order valence-corrected chi connectivity index (χ3v) is 1.72. The molecule has 0 amide bonds. The molecule has 1 rings (SSSR count). The van der Waals surface area contributed by atoms with Crippen LogP contribution in [-0.4, -0.2) is 17.6 Å². The number of carbonyl (C=O) groups excluding carboxylic acids is 1. The van der Waals surface area contributed by atoms with E-state index in [1.807, 2.05) is 20.8 Å². The van der Waals surface area contributed by atoms with Crippen molar-refractivity contribution in [1.29, 1.82) is 0 Å². The van der Waals surface area contributed by atoms with E-state index in [0.717, 1.165) is 5.69 Å². The average molecular weight is 181 g/mol. The molecule has 0 radical (unpaired) electrons. The van der Waals surface area contributed by atoms with Gasteiger partial charge >= 0.3 is 5.97 Å².